The Hall–Kier alpha value is -4.43. The molecule has 0 bridgehead atoms. The number of carbonyl (C=O) groups excluding carboxylic acids is 1. The number of nitriles is 1. The fourth-order valence-corrected chi connectivity index (χ4v) is 4.55. The Bertz CT molecular complexity index is 1470. The largest absolute Gasteiger partial charge is 0.489 e. The molecule has 0 atom stereocenters. The van der Waals surface area contributed by atoms with Crippen molar-refractivity contribution in [3.63, 3.8) is 0 Å². The van der Waals surface area contributed by atoms with Crippen LogP contribution in [0.25, 0.3) is 16.6 Å². The molecule has 0 unspecified atom stereocenters. The van der Waals surface area contributed by atoms with Crippen molar-refractivity contribution in [3.05, 3.63) is 60.3 Å². The second-order valence-electron chi connectivity index (χ2n) is 10.5. The molecule has 3 N–H and O–H groups in total. The molecule has 1 fully saturated rings. The Morgan fingerprint density at radius 2 is 2.08 bits per heavy atom. The number of aliphatic hydroxyl groups is 1. The Kier molecular flexibility index (Phi) is 6.50. The van der Waals surface area contributed by atoms with Crippen LogP contribution in [0, 0.1) is 11.3 Å². The van der Waals surface area contributed by atoms with Gasteiger partial charge in [-0.15, -0.1) is 0 Å². The van der Waals surface area contributed by atoms with Gasteiger partial charge in [-0.3, -0.25) is 9.89 Å². The molecule has 5 heterocycles. The minimum Gasteiger partial charge on any atom is -0.489 e. The van der Waals surface area contributed by atoms with Gasteiger partial charge in [0.25, 0.3) is 5.91 Å². The van der Waals surface area contributed by atoms with E-state index in [2.05, 4.69) is 38.5 Å². The molecule has 1 saturated heterocycles. The summed E-state index contributed by atoms with van der Waals surface area (Å²) < 4.78 is 7.43. The highest BCUT2D eigenvalue weighted by Crippen LogP contribution is 2.32. The first-order valence-corrected chi connectivity index (χ1v) is 12.4. The minimum absolute atomic E-state index is 0.109. The lowest BCUT2D eigenvalue weighted by molar-refractivity contribution is 0.0283. The van der Waals surface area contributed by atoms with Crippen molar-refractivity contribution in [2.75, 3.05) is 24.6 Å². The van der Waals surface area contributed by atoms with Crippen molar-refractivity contribution in [2.24, 2.45) is 0 Å². The standard InChI is InChI=1S/C27H30N8O3/c1-26(2,37)17-38-21-10-22(24-19(11-28)15-32-35(24)16-21)18-4-5-23(29-12-18)34-8-6-27(3,7-9-34)33-25(36)20-13-30-31-14-20/h4-5,10,12-16,37H,6-9,17H2,1-3H3,(H,30,31)(H,33,36). The van der Waals surface area contributed by atoms with Crippen LogP contribution in [0.5, 0.6) is 5.75 Å². The van der Waals surface area contributed by atoms with Gasteiger partial charge in [0.15, 0.2) is 0 Å². The van der Waals surface area contributed by atoms with E-state index >= 15 is 0 Å². The Morgan fingerprint density at radius 1 is 1.29 bits per heavy atom. The molecule has 1 aliphatic heterocycles. The molecule has 0 saturated carbocycles. The van der Waals surface area contributed by atoms with Gasteiger partial charge in [0.1, 0.15) is 24.2 Å². The Balaban J connectivity index is 1.33. The van der Waals surface area contributed by atoms with Crippen molar-refractivity contribution < 1.29 is 14.6 Å². The number of carbonyl (C=O) groups is 1. The molecule has 196 valence electrons. The van der Waals surface area contributed by atoms with Crippen LogP contribution in [0.15, 0.2) is 49.2 Å². The van der Waals surface area contributed by atoms with Gasteiger partial charge in [-0.1, -0.05) is 0 Å². The molecular formula is C27H30N8O3. The van der Waals surface area contributed by atoms with E-state index in [1.165, 1.54) is 12.4 Å². The number of fused-ring (bicyclic) bond motifs is 1. The fraction of sp³-hybridized carbons (Fsp3) is 0.370. The summed E-state index contributed by atoms with van der Waals surface area (Å²) in [6.07, 6.45) is 9.68. The van der Waals surface area contributed by atoms with Crippen LogP contribution in [0.2, 0.25) is 0 Å². The van der Waals surface area contributed by atoms with Crippen LogP contribution in [0.4, 0.5) is 5.82 Å². The third-order valence-corrected chi connectivity index (χ3v) is 6.72. The van der Waals surface area contributed by atoms with Crippen molar-refractivity contribution in [1.82, 2.24) is 30.1 Å². The maximum absolute atomic E-state index is 12.5. The van der Waals surface area contributed by atoms with Crippen LogP contribution < -0.4 is 15.0 Å². The summed E-state index contributed by atoms with van der Waals surface area (Å²) in [4.78, 5) is 19.4. The van der Waals surface area contributed by atoms with E-state index in [0.717, 1.165) is 42.9 Å². The molecule has 0 aromatic carbocycles. The third kappa shape index (κ3) is 5.31. The maximum atomic E-state index is 12.5. The zero-order valence-corrected chi connectivity index (χ0v) is 21.6. The predicted octanol–water partition coefficient (Wildman–Crippen LogP) is 2.93. The van der Waals surface area contributed by atoms with Gasteiger partial charge in [-0.05, 0) is 51.8 Å². The topological polar surface area (TPSA) is 144 Å². The van der Waals surface area contributed by atoms with E-state index in [1.807, 2.05) is 18.2 Å². The summed E-state index contributed by atoms with van der Waals surface area (Å²) in [7, 11) is 0. The molecule has 5 rings (SSSR count). The maximum Gasteiger partial charge on any atom is 0.254 e. The number of anilines is 1. The number of aromatic nitrogens is 5. The van der Waals surface area contributed by atoms with Crippen LogP contribution in [-0.2, 0) is 0 Å². The highest BCUT2D eigenvalue weighted by Gasteiger charge is 2.32. The number of rotatable bonds is 7. The third-order valence-electron chi connectivity index (χ3n) is 6.72. The molecule has 11 nitrogen and oxygen atoms in total. The van der Waals surface area contributed by atoms with Crippen LogP contribution >= 0.6 is 0 Å². The van der Waals surface area contributed by atoms with Gasteiger partial charge in [0.2, 0.25) is 0 Å². The van der Waals surface area contributed by atoms with Gasteiger partial charge < -0.3 is 20.1 Å². The number of amides is 1. The highest BCUT2D eigenvalue weighted by atomic mass is 16.5. The summed E-state index contributed by atoms with van der Waals surface area (Å²) in [5.74, 6) is 1.24. The van der Waals surface area contributed by atoms with Gasteiger partial charge in [-0.2, -0.15) is 15.5 Å². The minimum atomic E-state index is -0.993. The molecule has 11 heteroatoms. The average Bonchev–Trinajstić information content (AvgIpc) is 3.57. The van der Waals surface area contributed by atoms with Gasteiger partial charge in [0.05, 0.1) is 40.8 Å². The lowest BCUT2D eigenvalue weighted by Gasteiger charge is -2.40. The summed E-state index contributed by atoms with van der Waals surface area (Å²) in [5, 5.41) is 33.7. The summed E-state index contributed by atoms with van der Waals surface area (Å²) in [6, 6.07) is 7.98. The summed E-state index contributed by atoms with van der Waals surface area (Å²) in [5.41, 5.74) is 1.92. The lowest BCUT2D eigenvalue weighted by Crippen LogP contribution is -2.53. The van der Waals surface area contributed by atoms with Crippen LogP contribution in [0.1, 0.15) is 49.5 Å². The van der Waals surface area contributed by atoms with E-state index < -0.39 is 5.60 Å². The number of nitrogens with zero attached hydrogens (tertiary/aromatic N) is 6. The number of H-pyrrole nitrogens is 1. The molecular weight excluding hydrogens is 484 g/mol. The van der Waals surface area contributed by atoms with Gasteiger partial charge in [-0.25, -0.2) is 9.50 Å². The summed E-state index contributed by atoms with van der Waals surface area (Å²) >= 11 is 0. The first kappa shape index (κ1) is 25.2. The zero-order chi connectivity index (χ0) is 26.9. The fourth-order valence-electron chi connectivity index (χ4n) is 4.55. The first-order valence-electron chi connectivity index (χ1n) is 12.4. The number of aromatic amines is 1. The second-order valence-corrected chi connectivity index (χ2v) is 10.5. The zero-order valence-electron chi connectivity index (χ0n) is 21.6. The van der Waals surface area contributed by atoms with E-state index in [0.29, 0.717) is 22.4 Å². The Morgan fingerprint density at radius 3 is 2.71 bits per heavy atom. The van der Waals surface area contributed by atoms with Crippen molar-refractivity contribution in [3.8, 4) is 22.9 Å². The number of pyridine rings is 2. The molecule has 1 amide bonds. The molecule has 0 aliphatic carbocycles. The van der Waals surface area contributed by atoms with Crippen LogP contribution in [0.3, 0.4) is 0 Å². The normalized spacial score (nSPS) is 15.3. The van der Waals surface area contributed by atoms with Crippen molar-refractivity contribution in [1.29, 1.82) is 5.26 Å². The molecule has 1 aliphatic rings. The van der Waals surface area contributed by atoms with Gasteiger partial charge >= 0.3 is 0 Å². The van der Waals surface area contributed by atoms with Crippen molar-refractivity contribution >= 4 is 17.2 Å². The Labute approximate surface area is 220 Å². The van der Waals surface area contributed by atoms with E-state index in [9.17, 15) is 15.2 Å². The molecule has 0 spiro atoms. The highest BCUT2D eigenvalue weighted by molar-refractivity contribution is 5.94. The SMILES string of the molecule is CC(C)(O)COc1cc(-c2ccc(N3CCC(C)(NC(=O)c4cn[nH]c4)CC3)nc2)c2c(C#N)cnn2c1. The number of nitrogens with one attached hydrogen (secondary N) is 2. The molecule has 4 aromatic heterocycles. The number of hydrogen-bond acceptors (Lipinski definition) is 8. The molecule has 4 aromatic rings. The number of piperidine rings is 1. The molecule has 38 heavy (non-hydrogen) atoms. The van der Waals surface area contributed by atoms with Crippen LogP contribution in [-0.4, -0.2) is 66.6 Å². The van der Waals surface area contributed by atoms with E-state index in [4.69, 9.17) is 9.72 Å². The predicted molar refractivity (Wildman–Crippen MR) is 141 cm³/mol. The smallest absolute Gasteiger partial charge is 0.254 e. The van der Waals surface area contributed by atoms with Gasteiger partial charge in [0, 0.05) is 42.1 Å². The van der Waals surface area contributed by atoms with Crippen molar-refractivity contribution in [2.45, 2.75) is 44.8 Å². The number of ether oxygens (including phenoxy) is 1. The monoisotopic (exact) mass is 514 g/mol. The van der Waals surface area contributed by atoms with E-state index in [-0.39, 0.29) is 18.1 Å². The number of hydrogen-bond donors (Lipinski definition) is 3. The lowest BCUT2D eigenvalue weighted by atomic mass is 9.89. The molecule has 0 radical (unpaired) electrons. The quantitative estimate of drug-likeness (QED) is 0.341. The van der Waals surface area contributed by atoms with E-state index in [1.54, 1.807) is 37.0 Å². The average molecular weight is 515 g/mol. The first-order chi connectivity index (χ1) is 18.1. The second kappa shape index (κ2) is 9.79. The summed E-state index contributed by atoms with van der Waals surface area (Å²) in [6.45, 7) is 7.02.